The lowest BCUT2D eigenvalue weighted by atomic mass is 10.2. The summed E-state index contributed by atoms with van der Waals surface area (Å²) in [6, 6.07) is 12.4. The molecule has 2 rings (SSSR count). The van der Waals surface area contributed by atoms with Crippen LogP contribution in [-0.4, -0.2) is 18.7 Å². The zero-order valence-corrected chi connectivity index (χ0v) is 11.9. The molecule has 0 atom stereocenters. The molecule has 2 aromatic rings. The summed E-state index contributed by atoms with van der Waals surface area (Å²) in [7, 11) is 0. The third-order valence-electron chi connectivity index (χ3n) is 2.59. The van der Waals surface area contributed by atoms with Crippen LogP contribution in [0.5, 0.6) is 5.75 Å². The number of carbonyl (C=O) groups excluding carboxylic acids is 1. The zero-order valence-electron chi connectivity index (χ0n) is 11.2. The number of nitrogens with one attached hydrogen (secondary N) is 1. The Hall–Kier alpha value is -2.47. The standard InChI is InChI=1S/C15H11ClF2N2O2/c16-12-6-3-5-10(8-12)14(21)20-19-9-11-4-1-2-7-13(11)22-15(17)18/h1-9,15H,(H,20,21)/b19-9-. The van der Waals surface area contributed by atoms with Crippen molar-refractivity contribution in [1.82, 2.24) is 5.43 Å². The minimum absolute atomic E-state index is 0.0294. The molecule has 0 aromatic heterocycles. The lowest BCUT2D eigenvalue weighted by Crippen LogP contribution is -2.17. The Balaban J connectivity index is 2.05. The van der Waals surface area contributed by atoms with Crippen molar-refractivity contribution < 1.29 is 18.3 Å². The molecule has 0 heterocycles. The van der Waals surface area contributed by atoms with E-state index in [-0.39, 0.29) is 5.75 Å². The number of rotatable bonds is 5. The van der Waals surface area contributed by atoms with E-state index >= 15 is 0 Å². The minimum Gasteiger partial charge on any atom is -0.434 e. The topological polar surface area (TPSA) is 50.7 Å². The molecule has 4 nitrogen and oxygen atoms in total. The molecule has 0 fully saturated rings. The maximum atomic E-state index is 12.3. The molecule has 1 N–H and O–H groups in total. The summed E-state index contributed by atoms with van der Waals surface area (Å²) in [5.74, 6) is -0.496. The van der Waals surface area contributed by atoms with E-state index in [1.165, 1.54) is 24.4 Å². The highest BCUT2D eigenvalue weighted by molar-refractivity contribution is 6.30. The van der Waals surface area contributed by atoms with Gasteiger partial charge in [-0.2, -0.15) is 13.9 Å². The molecule has 0 unspecified atom stereocenters. The first-order valence-corrected chi connectivity index (χ1v) is 6.57. The van der Waals surface area contributed by atoms with Crippen molar-refractivity contribution in [3.05, 3.63) is 64.7 Å². The number of ether oxygens (including phenoxy) is 1. The molecule has 0 saturated carbocycles. The Bertz CT molecular complexity index is 693. The third-order valence-corrected chi connectivity index (χ3v) is 2.83. The van der Waals surface area contributed by atoms with Gasteiger partial charge < -0.3 is 4.74 Å². The van der Waals surface area contributed by atoms with Crippen LogP contribution in [0.2, 0.25) is 5.02 Å². The van der Waals surface area contributed by atoms with Gasteiger partial charge in [-0.15, -0.1) is 0 Å². The Morgan fingerprint density at radius 1 is 1.23 bits per heavy atom. The van der Waals surface area contributed by atoms with Gasteiger partial charge in [0, 0.05) is 16.1 Å². The van der Waals surface area contributed by atoms with Crippen molar-refractivity contribution in [2.45, 2.75) is 6.61 Å². The van der Waals surface area contributed by atoms with Gasteiger partial charge in [0.2, 0.25) is 0 Å². The molecule has 7 heteroatoms. The first kappa shape index (κ1) is 15.9. The number of carbonyl (C=O) groups is 1. The maximum absolute atomic E-state index is 12.3. The maximum Gasteiger partial charge on any atom is 0.387 e. The van der Waals surface area contributed by atoms with Gasteiger partial charge in [-0.3, -0.25) is 4.79 Å². The number of alkyl halides is 2. The first-order valence-electron chi connectivity index (χ1n) is 6.19. The van der Waals surface area contributed by atoms with Crippen LogP contribution in [0.4, 0.5) is 8.78 Å². The monoisotopic (exact) mass is 324 g/mol. The molecule has 1 amide bonds. The fourth-order valence-corrected chi connectivity index (χ4v) is 1.84. The second-order valence-corrected chi connectivity index (χ2v) is 4.56. The van der Waals surface area contributed by atoms with Crippen LogP contribution < -0.4 is 10.2 Å². The summed E-state index contributed by atoms with van der Waals surface area (Å²) in [6.07, 6.45) is 1.22. The molecule has 22 heavy (non-hydrogen) atoms. The predicted octanol–water partition coefficient (Wildman–Crippen LogP) is 3.71. The van der Waals surface area contributed by atoms with E-state index in [1.807, 2.05) is 0 Å². The van der Waals surface area contributed by atoms with Gasteiger partial charge in [0.25, 0.3) is 5.91 Å². The van der Waals surface area contributed by atoms with Gasteiger partial charge in [-0.05, 0) is 30.3 Å². The highest BCUT2D eigenvalue weighted by atomic mass is 35.5. The van der Waals surface area contributed by atoms with Crippen molar-refractivity contribution in [2.24, 2.45) is 5.10 Å². The van der Waals surface area contributed by atoms with Gasteiger partial charge in [0.05, 0.1) is 6.21 Å². The molecule has 2 aromatic carbocycles. The van der Waals surface area contributed by atoms with E-state index < -0.39 is 12.5 Å². The van der Waals surface area contributed by atoms with Crippen molar-refractivity contribution >= 4 is 23.7 Å². The summed E-state index contributed by atoms with van der Waals surface area (Å²) in [5.41, 5.74) is 2.93. The second-order valence-electron chi connectivity index (χ2n) is 4.13. The van der Waals surface area contributed by atoms with Crippen molar-refractivity contribution in [2.75, 3.05) is 0 Å². The number of para-hydroxylation sites is 1. The highest BCUT2D eigenvalue weighted by Crippen LogP contribution is 2.18. The van der Waals surface area contributed by atoms with E-state index in [9.17, 15) is 13.6 Å². The fraction of sp³-hybridized carbons (Fsp3) is 0.0667. The summed E-state index contributed by atoms with van der Waals surface area (Å²) in [4.78, 5) is 11.8. The SMILES string of the molecule is O=C(N/N=C\c1ccccc1OC(F)F)c1cccc(Cl)c1. The minimum atomic E-state index is -2.93. The van der Waals surface area contributed by atoms with Crippen LogP contribution in [0.3, 0.4) is 0 Å². The van der Waals surface area contributed by atoms with Gasteiger partial charge in [-0.1, -0.05) is 29.8 Å². The van der Waals surface area contributed by atoms with Crippen molar-refractivity contribution in [3.8, 4) is 5.75 Å². The Morgan fingerprint density at radius 2 is 2.00 bits per heavy atom. The second kappa shape index (κ2) is 7.51. The van der Waals surface area contributed by atoms with E-state index in [2.05, 4.69) is 15.3 Å². The molecule has 0 saturated heterocycles. The Kier molecular flexibility index (Phi) is 5.43. The average molecular weight is 325 g/mol. The number of hydrazone groups is 1. The largest absolute Gasteiger partial charge is 0.434 e. The van der Waals surface area contributed by atoms with Gasteiger partial charge >= 0.3 is 6.61 Å². The number of hydrogen-bond donors (Lipinski definition) is 1. The van der Waals surface area contributed by atoms with E-state index in [4.69, 9.17) is 11.6 Å². The number of hydrogen-bond acceptors (Lipinski definition) is 3. The van der Waals surface area contributed by atoms with Gasteiger partial charge in [0.15, 0.2) is 0 Å². The summed E-state index contributed by atoms with van der Waals surface area (Å²) in [6.45, 7) is -2.93. The molecule has 0 aliphatic heterocycles. The number of amides is 1. The Labute approximate surface area is 130 Å². The van der Waals surface area contributed by atoms with Crippen LogP contribution in [0, 0.1) is 0 Å². The van der Waals surface area contributed by atoms with Crippen LogP contribution in [0.25, 0.3) is 0 Å². The van der Waals surface area contributed by atoms with E-state index in [0.717, 1.165) is 0 Å². The normalized spacial score (nSPS) is 10.9. The third kappa shape index (κ3) is 4.53. The molecular formula is C15H11ClF2N2O2. The zero-order chi connectivity index (χ0) is 15.9. The fourth-order valence-electron chi connectivity index (χ4n) is 1.65. The number of halogens is 3. The van der Waals surface area contributed by atoms with E-state index in [0.29, 0.717) is 16.1 Å². The molecule has 114 valence electrons. The lowest BCUT2D eigenvalue weighted by molar-refractivity contribution is -0.0499. The smallest absolute Gasteiger partial charge is 0.387 e. The first-order chi connectivity index (χ1) is 10.6. The summed E-state index contributed by atoms with van der Waals surface area (Å²) < 4.78 is 28.9. The average Bonchev–Trinajstić information content (AvgIpc) is 2.48. The van der Waals surface area contributed by atoms with Crippen LogP contribution in [-0.2, 0) is 0 Å². The molecular weight excluding hydrogens is 314 g/mol. The van der Waals surface area contributed by atoms with Crippen molar-refractivity contribution in [3.63, 3.8) is 0 Å². The molecule has 0 bridgehead atoms. The van der Waals surface area contributed by atoms with E-state index in [1.54, 1.807) is 30.3 Å². The van der Waals surface area contributed by atoms with Crippen molar-refractivity contribution in [1.29, 1.82) is 0 Å². The van der Waals surface area contributed by atoms with Gasteiger partial charge in [0.1, 0.15) is 5.75 Å². The van der Waals surface area contributed by atoms with Gasteiger partial charge in [-0.25, -0.2) is 5.43 Å². The van der Waals surface area contributed by atoms with Crippen LogP contribution >= 0.6 is 11.6 Å². The molecule has 0 radical (unpaired) electrons. The number of nitrogens with zero attached hydrogens (tertiary/aromatic N) is 1. The highest BCUT2D eigenvalue weighted by Gasteiger charge is 2.08. The quantitative estimate of drug-likeness (QED) is 0.673. The van der Waals surface area contributed by atoms with Crippen LogP contribution in [0.1, 0.15) is 15.9 Å². The number of benzene rings is 2. The molecule has 0 spiro atoms. The molecule has 0 aliphatic carbocycles. The summed E-state index contributed by atoms with van der Waals surface area (Å²) >= 11 is 5.78. The Morgan fingerprint density at radius 3 is 2.73 bits per heavy atom. The lowest BCUT2D eigenvalue weighted by Gasteiger charge is -2.07. The molecule has 0 aliphatic rings. The van der Waals surface area contributed by atoms with Crippen LogP contribution in [0.15, 0.2) is 53.6 Å². The predicted molar refractivity (Wildman–Crippen MR) is 79.6 cm³/mol. The summed E-state index contributed by atoms with van der Waals surface area (Å²) in [5, 5.41) is 4.15.